The van der Waals surface area contributed by atoms with Crippen molar-refractivity contribution < 1.29 is 44.3 Å². The van der Waals surface area contributed by atoms with Crippen molar-refractivity contribution in [2.75, 3.05) is 0 Å². The molecule has 0 bridgehead atoms. The molecule has 7 heteroatoms. The van der Waals surface area contributed by atoms with E-state index in [1.165, 1.54) is 13.1 Å². The van der Waals surface area contributed by atoms with Crippen LogP contribution >= 0.6 is 0 Å². The molecule has 3 rings (SSSR count). The Morgan fingerprint density at radius 2 is 0.533 bits per heavy atom. The minimum absolute atomic E-state index is 0. The van der Waals surface area contributed by atoms with E-state index in [-0.39, 0.29) is 21.1 Å². The van der Waals surface area contributed by atoms with Crippen molar-refractivity contribution in [3.05, 3.63) is 124 Å². The topological polar surface area (TPSA) is 99.5 Å². The Labute approximate surface area is 195 Å². The summed E-state index contributed by atoms with van der Waals surface area (Å²) >= 11 is -1.39. The van der Waals surface area contributed by atoms with Crippen molar-refractivity contribution in [3.8, 4) is 0 Å². The van der Waals surface area contributed by atoms with Gasteiger partial charge in [0.05, 0.1) is 0 Å². The fourth-order valence-electron chi connectivity index (χ4n) is 2.18. The van der Waals surface area contributed by atoms with E-state index in [2.05, 4.69) is 124 Å². The van der Waals surface area contributed by atoms with Crippen LogP contribution in [0.2, 0.25) is 0 Å². The van der Waals surface area contributed by atoms with Crippen LogP contribution in [0.4, 0.5) is 0 Å². The van der Waals surface area contributed by atoms with Crippen LogP contribution in [0.3, 0.4) is 0 Å². The summed E-state index contributed by atoms with van der Waals surface area (Å²) in [5.74, 6) is 0. The summed E-state index contributed by atoms with van der Waals surface area (Å²) in [6, 6.07) is 32.7. The Hall–Kier alpha value is -2.39. The van der Waals surface area contributed by atoms with Gasteiger partial charge in [0, 0.05) is 21.1 Å². The second-order valence-corrected chi connectivity index (χ2v) is 9.00. The van der Waals surface area contributed by atoms with E-state index < -0.39 is 14.7 Å². The maximum atomic E-state index is 7.50. The van der Waals surface area contributed by atoms with Crippen molar-refractivity contribution >= 4 is 27.7 Å². The van der Waals surface area contributed by atoms with E-state index in [0.29, 0.717) is 0 Å². The molecule has 0 atom stereocenters. The molecular formula is C23H15AsO5W. The normalized spacial score (nSPS) is 7.03. The SMILES string of the molecule is [C-]#[O+].[C-]#[O+].[C-]#[O+].[C-]#[O+].[C-]#[O+].[W].c1ccc([As](c2ccccc2)c2ccccc2)cc1. The number of hydrogen-bond donors (Lipinski definition) is 0. The molecule has 30 heavy (non-hydrogen) atoms. The van der Waals surface area contributed by atoms with Crippen LogP contribution in [-0.4, -0.2) is 14.7 Å². The summed E-state index contributed by atoms with van der Waals surface area (Å²) in [5, 5.41) is 0. The van der Waals surface area contributed by atoms with E-state index in [0.717, 1.165) is 0 Å². The van der Waals surface area contributed by atoms with E-state index in [4.69, 9.17) is 23.3 Å². The summed E-state index contributed by atoms with van der Waals surface area (Å²) in [7, 11) is 0. The average molecular weight is 630 g/mol. The Bertz CT molecular complexity index is 716. The van der Waals surface area contributed by atoms with Crippen molar-refractivity contribution in [3.63, 3.8) is 0 Å². The zero-order chi connectivity index (χ0) is 22.9. The Morgan fingerprint density at radius 1 is 0.367 bits per heavy atom. The number of rotatable bonds is 3. The van der Waals surface area contributed by atoms with Crippen LogP contribution in [0, 0.1) is 33.3 Å². The molecule has 5 nitrogen and oxygen atoms in total. The first-order valence-electron chi connectivity index (χ1n) is 7.42. The van der Waals surface area contributed by atoms with Gasteiger partial charge in [-0.05, 0) is 0 Å². The molecule has 3 aromatic rings. The molecule has 0 radical (unpaired) electrons. The van der Waals surface area contributed by atoms with Crippen molar-refractivity contribution in [1.82, 2.24) is 0 Å². The molecule has 0 amide bonds. The third-order valence-electron chi connectivity index (χ3n) is 3.04. The number of hydrogen-bond acceptors (Lipinski definition) is 0. The molecule has 0 aliphatic heterocycles. The van der Waals surface area contributed by atoms with Crippen LogP contribution in [0.25, 0.3) is 0 Å². The first kappa shape index (κ1) is 35.1. The van der Waals surface area contributed by atoms with E-state index in [9.17, 15) is 0 Å². The molecule has 0 aliphatic rings. The molecule has 0 N–H and O–H groups in total. The average Bonchev–Trinajstić information content (AvgIpc) is 2.88. The van der Waals surface area contributed by atoms with E-state index in [1.807, 2.05) is 0 Å². The van der Waals surface area contributed by atoms with E-state index in [1.54, 1.807) is 0 Å². The molecule has 0 spiro atoms. The molecule has 0 fully saturated rings. The van der Waals surface area contributed by atoms with Crippen LogP contribution in [-0.2, 0) is 44.3 Å². The first-order valence-corrected chi connectivity index (χ1v) is 10.2. The maximum absolute atomic E-state index is 7.50. The molecule has 0 saturated heterocycles. The van der Waals surface area contributed by atoms with Gasteiger partial charge >= 0.3 is 175 Å². The van der Waals surface area contributed by atoms with Crippen LogP contribution < -0.4 is 13.1 Å². The third kappa shape index (κ3) is 13.7. The summed E-state index contributed by atoms with van der Waals surface area (Å²) < 4.78 is 41.9. The first-order chi connectivity index (χ1) is 14.4. The molecule has 0 aromatic heterocycles. The zero-order valence-electron chi connectivity index (χ0n) is 15.6. The molecule has 0 saturated carbocycles. The zero-order valence-corrected chi connectivity index (χ0v) is 20.4. The van der Waals surface area contributed by atoms with Crippen LogP contribution in [0.15, 0.2) is 91.0 Å². The van der Waals surface area contributed by atoms with E-state index >= 15 is 0 Å². The molecule has 0 unspecified atom stereocenters. The quantitative estimate of drug-likeness (QED) is 0.241. The Balaban J connectivity index is -0.000000271. The van der Waals surface area contributed by atoms with Gasteiger partial charge in [-0.15, -0.1) is 0 Å². The Morgan fingerprint density at radius 3 is 0.700 bits per heavy atom. The third-order valence-corrected chi connectivity index (χ3v) is 8.17. The predicted octanol–water partition coefficient (Wildman–Crippen LogP) is 2.01. The van der Waals surface area contributed by atoms with Gasteiger partial charge in [0.1, 0.15) is 0 Å². The van der Waals surface area contributed by atoms with Gasteiger partial charge in [0.2, 0.25) is 0 Å². The second kappa shape index (κ2) is 28.8. The number of benzene rings is 3. The second-order valence-electron chi connectivity index (χ2n) is 4.34. The standard InChI is InChI=1S/C18H15As.5CO.W/c1-4-10-16(11-5-1)19(17-12-6-2-7-13-17)18-14-8-3-9-15-18;5*1-2;/h1-15H;;;;;;. The van der Waals surface area contributed by atoms with Gasteiger partial charge in [-0.2, -0.15) is 0 Å². The van der Waals surface area contributed by atoms with Crippen molar-refractivity contribution in [2.24, 2.45) is 0 Å². The monoisotopic (exact) mass is 630 g/mol. The summed E-state index contributed by atoms with van der Waals surface area (Å²) in [4.78, 5) is 0. The molecule has 0 aliphatic carbocycles. The summed E-state index contributed by atoms with van der Waals surface area (Å²) in [6.45, 7) is 22.5. The van der Waals surface area contributed by atoms with Gasteiger partial charge in [-0.1, -0.05) is 0 Å². The summed E-state index contributed by atoms with van der Waals surface area (Å²) in [6.07, 6.45) is 0. The molecular weight excluding hydrogens is 615 g/mol. The fraction of sp³-hybridized carbons (Fsp3) is 0. The van der Waals surface area contributed by atoms with Gasteiger partial charge in [0.25, 0.3) is 0 Å². The van der Waals surface area contributed by atoms with Gasteiger partial charge in [-0.3, -0.25) is 0 Å². The molecule has 148 valence electrons. The predicted molar refractivity (Wildman–Crippen MR) is 104 cm³/mol. The molecule has 3 aromatic carbocycles. The fourth-order valence-corrected chi connectivity index (χ4v) is 7.02. The van der Waals surface area contributed by atoms with Gasteiger partial charge in [0.15, 0.2) is 0 Å². The van der Waals surface area contributed by atoms with Gasteiger partial charge in [-0.25, -0.2) is 0 Å². The van der Waals surface area contributed by atoms with Crippen LogP contribution in [0.1, 0.15) is 0 Å². The van der Waals surface area contributed by atoms with Crippen molar-refractivity contribution in [2.45, 2.75) is 0 Å². The minimum atomic E-state index is -1.39. The van der Waals surface area contributed by atoms with Crippen molar-refractivity contribution in [1.29, 1.82) is 0 Å². The van der Waals surface area contributed by atoms with Gasteiger partial charge < -0.3 is 0 Å². The molecule has 0 heterocycles. The van der Waals surface area contributed by atoms with Crippen LogP contribution in [0.5, 0.6) is 0 Å². The Kier molecular flexibility index (Phi) is 33.7. The summed E-state index contributed by atoms with van der Waals surface area (Å²) in [5.41, 5.74) is 0.